The Morgan fingerprint density at radius 1 is 1.07 bits per heavy atom. The van der Waals surface area contributed by atoms with E-state index >= 15 is 0 Å². The number of nitrogens with zero attached hydrogens (tertiary/aromatic N) is 2. The molecule has 4 heteroatoms. The summed E-state index contributed by atoms with van der Waals surface area (Å²) >= 11 is 0. The Balaban J connectivity index is 1.62. The molecule has 1 spiro atoms. The lowest BCUT2D eigenvalue weighted by Crippen LogP contribution is -2.59. The summed E-state index contributed by atoms with van der Waals surface area (Å²) < 4.78 is 5.24. The number of benzene rings is 2. The minimum atomic E-state index is 0.0647. The Hall–Kier alpha value is -2.33. The minimum Gasteiger partial charge on any atom is -0.497 e. The molecule has 4 nitrogen and oxygen atoms in total. The van der Waals surface area contributed by atoms with E-state index < -0.39 is 0 Å². The average molecular weight is 393 g/mol. The van der Waals surface area contributed by atoms with Crippen LogP contribution in [0.15, 0.2) is 48.5 Å². The summed E-state index contributed by atoms with van der Waals surface area (Å²) in [6.07, 6.45) is 5.16. The van der Waals surface area contributed by atoms with Gasteiger partial charge in [0.05, 0.1) is 13.5 Å². The second-order valence-corrected chi connectivity index (χ2v) is 8.48. The molecule has 154 valence electrons. The number of likely N-dealkylation sites (N-methyl/N-ethyl adjacent to an activating group) is 1. The number of hydrogen-bond donors (Lipinski definition) is 0. The smallest absolute Gasteiger partial charge is 0.227 e. The van der Waals surface area contributed by atoms with Gasteiger partial charge in [0.1, 0.15) is 5.75 Å². The van der Waals surface area contributed by atoms with Crippen molar-refractivity contribution in [1.82, 2.24) is 9.80 Å². The minimum absolute atomic E-state index is 0.0647. The second-order valence-electron chi connectivity index (χ2n) is 8.48. The number of piperidine rings is 1. The van der Waals surface area contributed by atoms with Crippen molar-refractivity contribution >= 4 is 5.91 Å². The van der Waals surface area contributed by atoms with Crippen LogP contribution in [0.25, 0.3) is 0 Å². The summed E-state index contributed by atoms with van der Waals surface area (Å²) in [5, 5.41) is 0. The maximum absolute atomic E-state index is 13.4. The molecule has 2 aromatic carbocycles. The van der Waals surface area contributed by atoms with E-state index in [2.05, 4.69) is 41.0 Å². The van der Waals surface area contributed by atoms with Crippen LogP contribution >= 0.6 is 0 Å². The summed E-state index contributed by atoms with van der Waals surface area (Å²) in [5.41, 5.74) is 3.81. The van der Waals surface area contributed by atoms with Crippen LogP contribution in [0.1, 0.15) is 42.9 Å². The Bertz CT molecular complexity index is 848. The van der Waals surface area contributed by atoms with E-state index in [0.29, 0.717) is 13.0 Å². The normalized spacial score (nSPS) is 22.2. The molecule has 0 bridgehead atoms. The summed E-state index contributed by atoms with van der Waals surface area (Å²) in [6, 6.07) is 16.6. The number of carbonyl (C=O) groups is 1. The van der Waals surface area contributed by atoms with Gasteiger partial charge >= 0.3 is 0 Å². The molecule has 1 atom stereocenters. The van der Waals surface area contributed by atoms with E-state index in [-0.39, 0.29) is 11.4 Å². The first kappa shape index (κ1) is 20.0. The van der Waals surface area contributed by atoms with Crippen LogP contribution < -0.4 is 4.74 Å². The average Bonchev–Trinajstić information content (AvgIpc) is 2.91. The van der Waals surface area contributed by atoms with Crippen LogP contribution in [0.5, 0.6) is 5.75 Å². The van der Waals surface area contributed by atoms with E-state index in [1.54, 1.807) is 7.11 Å². The summed E-state index contributed by atoms with van der Waals surface area (Å²) in [6.45, 7) is 5.98. The Kier molecular flexibility index (Phi) is 5.91. The first-order chi connectivity index (χ1) is 14.1. The molecule has 0 radical (unpaired) electrons. The van der Waals surface area contributed by atoms with Crippen LogP contribution in [-0.2, 0) is 24.2 Å². The van der Waals surface area contributed by atoms with Crippen LogP contribution in [0.3, 0.4) is 0 Å². The molecule has 2 aliphatic rings. The van der Waals surface area contributed by atoms with E-state index in [1.807, 2.05) is 24.3 Å². The van der Waals surface area contributed by atoms with Gasteiger partial charge in [0.15, 0.2) is 0 Å². The van der Waals surface area contributed by atoms with Gasteiger partial charge in [-0.25, -0.2) is 0 Å². The molecule has 2 aromatic rings. The molecule has 2 aliphatic heterocycles. The van der Waals surface area contributed by atoms with Gasteiger partial charge in [0.2, 0.25) is 5.91 Å². The summed E-state index contributed by atoms with van der Waals surface area (Å²) in [7, 11) is 1.66. The number of amides is 1. The SMILES string of the molecule is CCN1CCCCC12Cc1ccccc1CN(C(=O)Cc1ccc(OC)cc1)C2. The molecule has 0 aliphatic carbocycles. The zero-order valence-electron chi connectivity index (χ0n) is 17.7. The van der Waals surface area contributed by atoms with E-state index in [9.17, 15) is 4.79 Å². The monoisotopic (exact) mass is 392 g/mol. The number of methoxy groups -OCH3 is 1. The highest BCUT2D eigenvalue weighted by Crippen LogP contribution is 2.36. The molecule has 0 aromatic heterocycles. The first-order valence-corrected chi connectivity index (χ1v) is 10.9. The van der Waals surface area contributed by atoms with Crippen molar-refractivity contribution in [2.45, 2.75) is 51.1 Å². The second kappa shape index (κ2) is 8.58. The Labute approximate surface area is 174 Å². The zero-order valence-corrected chi connectivity index (χ0v) is 17.7. The van der Waals surface area contributed by atoms with Crippen LogP contribution in [0.4, 0.5) is 0 Å². The van der Waals surface area contributed by atoms with Crippen molar-refractivity contribution in [2.24, 2.45) is 0 Å². The highest BCUT2D eigenvalue weighted by atomic mass is 16.5. The van der Waals surface area contributed by atoms with Gasteiger partial charge in [-0.2, -0.15) is 0 Å². The topological polar surface area (TPSA) is 32.8 Å². The lowest BCUT2D eigenvalue weighted by Gasteiger charge is -2.48. The van der Waals surface area contributed by atoms with E-state index in [4.69, 9.17) is 4.74 Å². The molecule has 1 amide bonds. The highest BCUT2D eigenvalue weighted by molar-refractivity contribution is 5.79. The van der Waals surface area contributed by atoms with Crippen molar-refractivity contribution < 1.29 is 9.53 Å². The van der Waals surface area contributed by atoms with Crippen LogP contribution in [0, 0.1) is 0 Å². The van der Waals surface area contributed by atoms with Crippen molar-refractivity contribution in [1.29, 1.82) is 0 Å². The van der Waals surface area contributed by atoms with Crippen molar-refractivity contribution in [3.8, 4) is 5.75 Å². The first-order valence-electron chi connectivity index (χ1n) is 10.9. The third-order valence-corrected chi connectivity index (χ3v) is 6.72. The van der Waals surface area contributed by atoms with Crippen molar-refractivity contribution in [3.63, 3.8) is 0 Å². The van der Waals surface area contributed by atoms with Crippen molar-refractivity contribution in [3.05, 3.63) is 65.2 Å². The maximum atomic E-state index is 13.4. The van der Waals surface area contributed by atoms with Gasteiger partial charge in [-0.15, -0.1) is 0 Å². The van der Waals surface area contributed by atoms with Gasteiger partial charge in [-0.05, 0) is 61.2 Å². The number of fused-ring (bicyclic) bond motifs is 1. The fourth-order valence-corrected chi connectivity index (χ4v) is 5.14. The standard InChI is InChI=1S/C25H32N2O2/c1-3-27-15-7-6-14-25(27)17-21-8-4-5-9-22(21)18-26(19-25)24(28)16-20-10-12-23(29-2)13-11-20/h4-5,8-13H,3,6-7,14-19H2,1-2H3. The summed E-state index contributed by atoms with van der Waals surface area (Å²) in [5.74, 6) is 1.04. The molecule has 29 heavy (non-hydrogen) atoms. The number of ether oxygens (including phenoxy) is 1. The number of hydrogen-bond acceptors (Lipinski definition) is 3. The fraction of sp³-hybridized carbons (Fsp3) is 0.480. The van der Waals surface area contributed by atoms with Crippen LogP contribution in [0.2, 0.25) is 0 Å². The predicted molar refractivity (Wildman–Crippen MR) is 116 cm³/mol. The molecule has 4 rings (SSSR count). The van der Waals surface area contributed by atoms with Gasteiger partial charge < -0.3 is 9.64 Å². The van der Waals surface area contributed by atoms with Gasteiger partial charge in [0, 0.05) is 18.6 Å². The molecular formula is C25H32N2O2. The Morgan fingerprint density at radius 3 is 2.55 bits per heavy atom. The summed E-state index contributed by atoms with van der Waals surface area (Å²) in [4.78, 5) is 18.1. The third kappa shape index (κ3) is 4.18. The van der Waals surface area contributed by atoms with Crippen LogP contribution in [-0.4, -0.2) is 48.0 Å². The highest BCUT2D eigenvalue weighted by Gasteiger charge is 2.42. The van der Waals surface area contributed by atoms with Gasteiger partial charge in [-0.3, -0.25) is 9.69 Å². The Morgan fingerprint density at radius 2 is 1.83 bits per heavy atom. The lowest BCUT2D eigenvalue weighted by molar-refractivity contribution is -0.133. The molecular weight excluding hydrogens is 360 g/mol. The largest absolute Gasteiger partial charge is 0.497 e. The number of carbonyl (C=O) groups excluding carboxylic acids is 1. The van der Waals surface area contributed by atoms with Gasteiger partial charge in [0.25, 0.3) is 0 Å². The fourth-order valence-electron chi connectivity index (χ4n) is 5.14. The van der Waals surface area contributed by atoms with E-state index in [0.717, 1.165) is 37.4 Å². The number of likely N-dealkylation sites (tertiary alicyclic amines) is 1. The maximum Gasteiger partial charge on any atom is 0.227 e. The molecule has 1 saturated heterocycles. The van der Waals surface area contributed by atoms with Gasteiger partial charge in [-0.1, -0.05) is 49.7 Å². The third-order valence-electron chi connectivity index (χ3n) is 6.72. The lowest BCUT2D eigenvalue weighted by atomic mass is 9.81. The van der Waals surface area contributed by atoms with E-state index in [1.165, 1.54) is 30.4 Å². The quantitative estimate of drug-likeness (QED) is 0.786. The molecule has 1 unspecified atom stereocenters. The molecule has 0 saturated carbocycles. The number of rotatable bonds is 4. The predicted octanol–water partition coefficient (Wildman–Crippen LogP) is 4.07. The molecule has 1 fully saturated rings. The zero-order chi connectivity index (χ0) is 20.3. The molecule has 2 heterocycles. The molecule has 0 N–H and O–H groups in total. The van der Waals surface area contributed by atoms with Crippen molar-refractivity contribution in [2.75, 3.05) is 26.7 Å².